The lowest BCUT2D eigenvalue weighted by Gasteiger charge is -2.07. The van der Waals surface area contributed by atoms with Crippen molar-refractivity contribution in [1.82, 2.24) is 9.97 Å². The van der Waals surface area contributed by atoms with Gasteiger partial charge in [-0.05, 0) is 31.2 Å². The minimum absolute atomic E-state index is 0.302. The summed E-state index contributed by atoms with van der Waals surface area (Å²) in [6.45, 7) is 1.85. The first kappa shape index (κ1) is 11.8. The molecule has 0 spiro atoms. The van der Waals surface area contributed by atoms with Crippen molar-refractivity contribution in [2.24, 2.45) is 5.73 Å². The van der Waals surface area contributed by atoms with Crippen LogP contribution < -0.4 is 5.73 Å². The molecule has 1 unspecified atom stereocenters. The molecule has 0 radical (unpaired) electrons. The Morgan fingerprint density at radius 3 is 2.79 bits per heavy atom. The van der Waals surface area contributed by atoms with Gasteiger partial charge in [-0.25, -0.2) is 4.39 Å². The minimum Gasteiger partial charge on any atom is -0.459 e. The summed E-state index contributed by atoms with van der Waals surface area (Å²) >= 11 is 0. The Balaban J connectivity index is 2.01. The summed E-state index contributed by atoms with van der Waals surface area (Å²) < 4.78 is 18.7. The first-order valence-electron chi connectivity index (χ1n) is 5.86. The Morgan fingerprint density at radius 2 is 2.05 bits per heavy atom. The molecule has 2 aromatic heterocycles. The van der Waals surface area contributed by atoms with Gasteiger partial charge in [-0.15, -0.1) is 0 Å². The van der Waals surface area contributed by atoms with Gasteiger partial charge >= 0.3 is 0 Å². The molecule has 3 aromatic rings. The molecular weight excluding hydrogens is 245 g/mol. The summed E-state index contributed by atoms with van der Waals surface area (Å²) in [5, 5.41) is 0.686. The van der Waals surface area contributed by atoms with Crippen LogP contribution in [0.1, 0.15) is 23.2 Å². The second-order valence-corrected chi connectivity index (χ2v) is 4.39. The van der Waals surface area contributed by atoms with E-state index in [1.165, 1.54) is 12.1 Å². The molecule has 0 fully saturated rings. The van der Waals surface area contributed by atoms with Crippen LogP contribution in [0.3, 0.4) is 0 Å². The molecule has 3 rings (SSSR count). The third-order valence-corrected chi connectivity index (χ3v) is 2.92. The van der Waals surface area contributed by atoms with Crippen LogP contribution in [-0.2, 0) is 0 Å². The first-order chi connectivity index (χ1) is 9.13. The van der Waals surface area contributed by atoms with Gasteiger partial charge in [-0.3, -0.25) is 9.97 Å². The number of hydrogen-bond acceptors (Lipinski definition) is 4. The van der Waals surface area contributed by atoms with Crippen molar-refractivity contribution in [3.63, 3.8) is 0 Å². The SMILES string of the molecule is Cc1cnc(C(N)c2cc3cc(F)ccc3o2)cn1. The largest absolute Gasteiger partial charge is 0.459 e. The molecule has 2 N–H and O–H groups in total. The van der Waals surface area contributed by atoms with E-state index in [9.17, 15) is 4.39 Å². The van der Waals surface area contributed by atoms with Gasteiger partial charge in [-0.1, -0.05) is 0 Å². The number of nitrogens with zero attached hydrogens (tertiary/aromatic N) is 2. The highest BCUT2D eigenvalue weighted by Crippen LogP contribution is 2.26. The van der Waals surface area contributed by atoms with Crippen LogP contribution in [0, 0.1) is 12.7 Å². The van der Waals surface area contributed by atoms with E-state index in [1.54, 1.807) is 24.5 Å². The van der Waals surface area contributed by atoms with E-state index in [1.807, 2.05) is 6.92 Å². The molecule has 0 aliphatic carbocycles. The number of halogens is 1. The van der Waals surface area contributed by atoms with E-state index < -0.39 is 6.04 Å². The number of hydrogen-bond donors (Lipinski definition) is 1. The third-order valence-electron chi connectivity index (χ3n) is 2.92. The zero-order valence-corrected chi connectivity index (χ0v) is 10.3. The van der Waals surface area contributed by atoms with Gasteiger partial charge in [0.2, 0.25) is 0 Å². The summed E-state index contributed by atoms with van der Waals surface area (Å²) in [5.74, 6) is 0.238. The average Bonchev–Trinajstić information content (AvgIpc) is 2.81. The van der Waals surface area contributed by atoms with Crippen LogP contribution >= 0.6 is 0 Å². The van der Waals surface area contributed by atoms with Crippen molar-refractivity contribution >= 4 is 11.0 Å². The lowest BCUT2D eigenvalue weighted by atomic mass is 10.1. The molecule has 0 aliphatic heterocycles. The Morgan fingerprint density at radius 1 is 1.21 bits per heavy atom. The topological polar surface area (TPSA) is 64.9 Å². The second kappa shape index (κ2) is 4.44. The molecule has 1 aromatic carbocycles. The van der Waals surface area contributed by atoms with E-state index >= 15 is 0 Å². The van der Waals surface area contributed by atoms with E-state index in [0.29, 0.717) is 22.4 Å². The maximum absolute atomic E-state index is 13.1. The molecule has 0 bridgehead atoms. The van der Waals surface area contributed by atoms with Crippen LogP contribution in [0.2, 0.25) is 0 Å². The Labute approximate surface area is 109 Å². The normalized spacial score (nSPS) is 12.8. The van der Waals surface area contributed by atoms with E-state index in [2.05, 4.69) is 9.97 Å². The van der Waals surface area contributed by atoms with E-state index in [4.69, 9.17) is 10.2 Å². The van der Waals surface area contributed by atoms with E-state index in [-0.39, 0.29) is 5.82 Å². The maximum atomic E-state index is 13.1. The van der Waals surface area contributed by atoms with Gasteiger partial charge in [0.15, 0.2) is 0 Å². The lowest BCUT2D eigenvalue weighted by molar-refractivity contribution is 0.519. The number of furan rings is 1. The Kier molecular flexibility index (Phi) is 2.76. The summed E-state index contributed by atoms with van der Waals surface area (Å²) in [4.78, 5) is 8.37. The number of aryl methyl sites for hydroxylation is 1. The minimum atomic E-state index is -0.511. The molecule has 0 saturated carbocycles. The molecule has 0 amide bonds. The van der Waals surface area contributed by atoms with Gasteiger partial charge in [0, 0.05) is 11.6 Å². The highest BCUT2D eigenvalue weighted by molar-refractivity contribution is 5.78. The molecule has 96 valence electrons. The molecule has 19 heavy (non-hydrogen) atoms. The van der Waals surface area contributed by atoms with Gasteiger partial charge in [0.1, 0.15) is 23.2 Å². The Bertz CT molecular complexity index is 721. The zero-order chi connectivity index (χ0) is 13.4. The standard InChI is InChI=1S/C14H12FN3O/c1-8-6-18-11(7-17-8)14(16)13-5-9-4-10(15)2-3-12(9)19-13/h2-7,14H,16H2,1H3. The molecule has 5 heteroatoms. The van der Waals surface area contributed by atoms with Crippen LogP contribution in [0.4, 0.5) is 4.39 Å². The second-order valence-electron chi connectivity index (χ2n) is 4.39. The highest BCUT2D eigenvalue weighted by atomic mass is 19.1. The van der Waals surface area contributed by atoms with Gasteiger partial charge in [0.05, 0.1) is 17.6 Å². The zero-order valence-electron chi connectivity index (χ0n) is 10.3. The number of fused-ring (bicyclic) bond motifs is 1. The van der Waals surface area contributed by atoms with Gasteiger partial charge < -0.3 is 10.2 Å². The molecule has 1 atom stereocenters. The fourth-order valence-corrected chi connectivity index (χ4v) is 1.90. The molecule has 0 aliphatic rings. The number of nitrogens with two attached hydrogens (primary N) is 1. The third kappa shape index (κ3) is 2.20. The van der Waals surface area contributed by atoms with Gasteiger partial charge in [0.25, 0.3) is 0 Å². The Hall–Kier alpha value is -2.27. The average molecular weight is 257 g/mol. The molecule has 0 saturated heterocycles. The van der Waals surface area contributed by atoms with Crippen LogP contribution in [-0.4, -0.2) is 9.97 Å². The van der Waals surface area contributed by atoms with Crippen molar-refractivity contribution in [2.45, 2.75) is 13.0 Å². The highest BCUT2D eigenvalue weighted by Gasteiger charge is 2.16. The van der Waals surface area contributed by atoms with Crippen molar-refractivity contribution in [3.8, 4) is 0 Å². The van der Waals surface area contributed by atoms with Crippen molar-refractivity contribution in [1.29, 1.82) is 0 Å². The number of aromatic nitrogens is 2. The fraction of sp³-hybridized carbons (Fsp3) is 0.143. The number of rotatable bonds is 2. The smallest absolute Gasteiger partial charge is 0.134 e. The van der Waals surface area contributed by atoms with Gasteiger partial charge in [-0.2, -0.15) is 0 Å². The summed E-state index contributed by atoms with van der Waals surface area (Å²) in [6, 6.07) is 5.57. The molecule has 4 nitrogen and oxygen atoms in total. The fourth-order valence-electron chi connectivity index (χ4n) is 1.90. The van der Waals surface area contributed by atoms with Crippen molar-refractivity contribution < 1.29 is 8.81 Å². The van der Waals surface area contributed by atoms with Crippen LogP contribution in [0.15, 0.2) is 41.1 Å². The summed E-state index contributed by atoms with van der Waals surface area (Å²) in [7, 11) is 0. The van der Waals surface area contributed by atoms with Crippen molar-refractivity contribution in [3.05, 3.63) is 59.6 Å². The lowest BCUT2D eigenvalue weighted by Crippen LogP contribution is -2.13. The molecular formula is C14H12FN3O. The van der Waals surface area contributed by atoms with Crippen LogP contribution in [0.25, 0.3) is 11.0 Å². The predicted octanol–water partition coefficient (Wildman–Crippen LogP) is 2.72. The van der Waals surface area contributed by atoms with Crippen LogP contribution in [0.5, 0.6) is 0 Å². The maximum Gasteiger partial charge on any atom is 0.134 e. The van der Waals surface area contributed by atoms with E-state index in [0.717, 1.165) is 5.69 Å². The molecule has 2 heterocycles. The first-order valence-corrected chi connectivity index (χ1v) is 5.86. The quantitative estimate of drug-likeness (QED) is 0.766. The summed E-state index contributed by atoms with van der Waals surface area (Å²) in [5.41, 5.74) is 8.12. The number of benzene rings is 1. The van der Waals surface area contributed by atoms with Crippen molar-refractivity contribution in [2.75, 3.05) is 0 Å². The predicted molar refractivity (Wildman–Crippen MR) is 69.0 cm³/mol. The monoisotopic (exact) mass is 257 g/mol. The summed E-state index contributed by atoms with van der Waals surface area (Å²) in [6.07, 6.45) is 3.27.